The smallest absolute Gasteiger partial charge is 0.315 e. The molecule has 1 saturated carbocycles. The fourth-order valence-corrected chi connectivity index (χ4v) is 3.43. The second-order valence-electron chi connectivity index (χ2n) is 6.48. The van der Waals surface area contributed by atoms with E-state index in [1.165, 1.54) is 6.07 Å². The Morgan fingerprint density at radius 2 is 1.80 bits per heavy atom. The minimum Gasteiger partial charge on any atom is -0.391 e. The van der Waals surface area contributed by atoms with Gasteiger partial charge in [-0.1, -0.05) is 18.9 Å². The lowest BCUT2D eigenvalue weighted by molar-refractivity contribution is -0.118. The summed E-state index contributed by atoms with van der Waals surface area (Å²) < 4.78 is 27.7. The first kappa shape index (κ1) is 17.6. The molecule has 0 radical (unpaired) electrons. The van der Waals surface area contributed by atoms with Gasteiger partial charge in [-0.2, -0.15) is 0 Å². The van der Waals surface area contributed by atoms with Crippen molar-refractivity contribution in [2.24, 2.45) is 0 Å². The summed E-state index contributed by atoms with van der Waals surface area (Å²) in [5.74, 6) is -2.18. The molecule has 0 aromatic heterocycles. The maximum absolute atomic E-state index is 13.9. The lowest BCUT2D eigenvalue weighted by atomic mass is 9.93. The van der Waals surface area contributed by atoms with Crippen molar-refractivity contribution in [3.05, 3.63) is 29.8 Å². The highest BCUT2D eigenvalue weighted by molar-refractivity contribution is 6.01. The number of benzene rings is 1. The van der Waals surface area contributed by atoms with E-state index in [1.807, 2.05) is 0 Å². The summed E-state index contributed by atoms with van der Waals surface area (Å²) in [6.45, 7) is 0.119. The van der Waals surface area contributed by atoms with E-state index >= 15 is 0 Å². The molecule has 0 spiro atoms. The number of hydrogen-bond donors (Lipinski definition) is 3. The van der Waals surface area contributed by atoms with Gasteiger partial charge in [-0.05, 0) is 31.4 Å². The molecule has 3 amide bonds. The molecular formula is C17H21F2N3O3. The molecule has 6 nitrogen and oxygen atoms in total. The Morgan fingerprint density at radius 3 is 2.48 bits per heavy atom. The Labute approximate surface area is 144 Å². The number of anilines is 1. The average Bonchev–Trinajstić information content (AvgIpc) is 2.91. The molecule has 3 N–H and O–H groups in total. The summed E-state index contributed by atoms with van der Waals surface area (Å²) in [7, 11) is 0. The molecule has 1 unspecified atom stereocenters. The van der Waals surface area contributed by atoms with Crippen LogP contribution in [0.15, 0.2) is 18.2 Å². The zero-order chi connectivity index (χ0) is 18.0. The molecule has 8 heteroatoms. The normalized spacial score (nSPS) is 26.6. The van der Waals surface area contributed by atoms with Gasteiger partial charge in [0.1, 0.15) is 23.4 Å². The van der Waals surface area contributed by atoms with Crippen LogP contribution in [0, 0.1) is 11.6 Å². The maximum Gasteiger partial charge on any atom is 0.315 e. The molecule has 1 saturated heterocycles. The number of halogens is 2. The van der Waals surface area contributed by atoms with Crippen molar-refractivity contribution < 1.29 is 23.5 Å². The molecule has 2 aliphatic rings. The minimum absolute atomic E-state index is 0.119. The van der Waals surface area contributed by atoms with Crippen LogP contribution < -0.4 is 15.5 Å². The molecule has 1 aliphatic heterocycles. The molecule has 1 heterocycles. The monoisotopic (exact) mass is 353 g/mol. The van der Waals surface area contributed by atoms with Crippen molar-refractivity contribution in [1.29, 1.82) is 0 Å². The number of nitrogens with one attached hydrogen (secondary N) is 2. The van der Waals surface area contributed by atoms with Gasteiger partial charge in [0.25, 0.3) is 0 Å². The van der Waals surface area contributed by atoms with Crippen LogP contribution in [0.2, 0.25) is 0 Å². The van der Waals surface area contributed by atoms with Crippen molar-refractivity contribution in [1.82, 2.24) is 10.6 Å². The molecule has 1 aromatic rings. The van der Waals surface area contributed by atoms with Gasteiger partial charge in [0.15, 0.2) is 0 Å². The third kappa shape index (κ3) is 3.73. The number of carbonyl (C=O) groups excluding carboxylic acids is 2. The van der Waals surface area contributed by atoms with Gasteiger partial charge in [-0.15, -0.1) is 0 Å². The fourth-order valence-electron chi connectivity index (χ4n) is 3.43. The van der Waals surface area contributed by atoms with Gasteiger partial charge in [-0.3, -0.25) is 4.79 Å². The number of carbonyl (C=O) groups is 2. The van der Waals surface area contributed by atoms with Crippen LogP contribution in [0.3, 0.4) is 0 Å². The first-order valence-corrected chi connectivity index (χ1v) is 8.48. The van der Waals surface area contributed by atoms with Gasteiger partial charge in [0, 0.05) is 6.54 Å². The Bertz CT molecular complexity index is 650. The topological polar surface area (TPSA) is 81.7 Å². The van der Waals surface area contributed by atoms with E-state index in [9.17, 15) is 23.5 Å². The van der Waals surface area contributed by atoms with Crippen LogP contribution >= 0.6 is 0 Å². The van der Waals surface area contributed by atoms with Crippen LogP contribution in [-0.2, 0) is 4.79 Å². The first-order valence-electron chi connectivity index (χ1n) is 8.48. The molecular weight excluding hydrogens is 332 g/mol. The maximum atomic E-state index is 13.9. The predicted molar refractivity (Wildman–Crippen MR) is 87.0 cm³/mol. The number of nitrogens with zero attached hydrogens (tertiary/aromatic N) is 1. The van der Waals surface area contributed by atoms with Gasteiger partial charge in [-0.25, -0.2) is 13.6 Å². The van der Waals surface area contributed by atoms with E-state index in [0.29, 0.717) is 12.8 Å². The Balaban J connectivity index is 1.61. The van der Waals surface area contributed by atoms with Crippen LogP contribution in [-0.4, -0.2) is 41.8 Å². The predicted octanol–water partition coefficient (Wildman–Crippen LogP) is 1.67. The molecule has 2 fully saturated rings. The summed E-state index contributed by atoms with van der Waals surface area (Å²) in [5.41, 5.74) is -0.389. The van der Waals surface area contributed by atoms with E-state index < -0.39 is 35.7 Å². The summed E-state index contributed by atoms with van der Waals surface area (Å²) in [6, 6.07) is 1.66. The number of aliphatic hydroxyl groups is 1. The zero-order valence-corrected chi connectivity index (χ0v) is 13.7. The van der Waals surface area contributed by atoms with Crippen molar-refractivity contribution in [3.8, 4) is 0 Å². The number of urea groups is 1. The Kier molecular flexibility index (Phi) is 5.17. The van der Waals surface area contributed by atoms with E-state index in [-0.39, 0.29) is 24.7 Å². The van der Waals surface area contributed by atoms with Crippen LogP contribution in [0.1, 0.15) is 32.1 Å². The molecule has 1 aliphatic carbocycles. The second kappa shape index (κ2) is 7.35. The molecule has 3 rings (SSSR count). The largest absolute Gasteiger partial charge is 0.391 e. The van der Waals surface area contributed by atoms with Crippen LogP contribution in [0.5, 0.6) is 0 Å². The summed E-state index contributed by atoms with van der Waals surface area (Å²) in [6.07, 6.45) is 2.82. The van der Waals surface area contributed by atoms with Gasteiger partial charge >= 0.3 is 6.03 Å². The Hall–Kier alpha value is -2.22. The lowest BCUT2D eigenvalue weighted by Crippen LogP contribution is -2.52. The summed E-state index contributed by atoms with van der Waals surface area (Å²) >= 11 is 0. The Morgan fingerprint density at radius 1 is 1.12 bits per heavy atom. The van der Waals surface area contributed by atoms with Crippen molar-refractivity contribution in [2.75, 3.05) is 11.4 Å². The number of aliphatic hydroxyl groups excluding tert-OH is 1. The van der Waals surface area contributed by atoms with E-state index in [2.05, 4.69) is 10.6 Å². The summed E-state index contributed by atoms with van der Waals surface area (Å²) in [5, 5.41) is 15.1. The number of amides is 3. The van der Waals surface area contributed by atoms with Gasteiger partial charge in [0.05, 0.1) is 12.1 Å². The molecule has 0 bridgehead atoms. The van der Waals surface area contributed by atoms with E-state index in [4.69, 9.17) is 0 Å². The lowest BCUT2D eigenvalue weighted by Gasteiger charge is -2.28. The zero-order valence-electron chi connectivity index (χ0n) is 13.7. The number of rotatable bonds is 3. The summed E-state index contributed by atoms with van der Waals surface area (Å²) in [4.78, 5) is 25.5. The highest BCUT2D eigenvalue weighted by Gasteiger charge is 2.36. The van der Waals surface area contributed by atoms with Crippen molar-refractivity contribution >= 4 is 17.6 Å². The first-order chi connectivity index (χ1) is 12.0. The minimum atomic E-state index is -0.847. The third-order valence-corrected chi connectivity index (χ3v) is 4.76. The van der Waals surface area contributed by atoms with E-state index in [1.54, 1.807) is 0 Å². The quantitative estimate of drug-likeness (QED) is 0.773. The number of hydrogen-bond acceptors (Lipinski definition) is 3. The third-order valence-electron chi connectivity index (χ3n) is 4.76. The average molecular weight is 353 g/mol. The molecule has 1 aromatic carbocycles. The van der Waals surface area contributed by atoms with Crippen molar-refractivity contribution in [3.63, 3.8) is 0 Å². The molecule has 3 atom stereocenters. The van der Waals surface area contributed by atoms with Gasteiger partial charge < -0.3 is 20.6 Å². The standard InChI is InChI=1S/C17H21F2N3O3/c18-10-4-3-5-11(19)15(10)22-9-8-13(16(22)24)21-17(25)20-12-6-1-2-7-14(12)23/h3-5,12-14,23H,1-2,6-9H2,(H2,20,21,25)/t12-,13?,14-/m1/s1. The van der Waals surface area contributed by atoms with Gasteiger partial charge in [0.2, 0.25) is 5.91 Å². The molecule has 136 valence electrons. The van der Waals surface area contributed by atoms with Crippen LogP contribution in [0.4, 0.5) is 19.3 Å². The SMILES string of the molecule is O=C(NC1CCN(c2c(F)cccc2F)C1=O)N[C@@H]1CCCC[C@H]1O. The second-order valence-corrected chi connectivity index (χ2v) is 6.48. The molecule has 25 heavy (non-hydrogen) atoms. The van der Waals surface area contributed by atoms with Crippen LogP contribution in [0.25, 0.3) is 0 Å². The highest BCUT2D eigenvalue weighted by Crippen LogP contribution is 2.27. The fraction of sp³-hybridized carbons (Fsp3) is 0.529. The van der Waals surface area contributed by atoms with Crippen molar-refractivity contribution in [2.45, 2.75) is 50.3 Å². The highest BCUT2D eigenvalue weighted by atomic mass is 19.1. The van der Waals surface area contributed by atoms with E-state index in [0.717, 1.165) is 29.9 Å². The number of para-hydroxylation sites is 1.